The molecule has 2 unspecified atom stereocenters. The summed E-state index contributed by atoms with van der Waals surface area (Å²) in [6, 6.07) is 8.54. The first-order valence-corrected chi connectivity index (χ1v) is 9.47. The molecule has 0 amide bonds. The van der Waals surface area contributed by atoms with Crippen molar-refractivity contribution in [1.82, 2.24) is 4.98 Å². The monoisotopic (exact) mass is 347 g/mol. The van der Waals surface area contributed by atoms with Crippen LogP contribution in [0.5, 0.6) is 0 Å². The van der Waals surface area contributed by atoms with Gasteiger partial charge in [0.25, 0.3) is 0 Å². The van der Waals surface area contributed by atoms with Gasteiger partial charge in [0.15, 0.2) is 0 Å². The van der Waals surface area contributed by atoms with Crippen molar-refractivity contribution in [3.63, 3.8) is 0 Å². The number of benzene rings is 1. The summed E-state index contributed by atoms with van der Waals surface area (Å²) in [6.45, 7) is 2.25. The lowest BCUT2D eigenvalue weighted by Crippen LogP contribution is -2.20. The van der Waals surface area contributed by atoms with Gasteiger partial charge in [-0.3, -0.25) is 0 Å². The van der Waals surface area contributed by atoms with Crippen molar-refractivity contribution < 1.29 is 9.47 Å². The summed E-state index contributed by atoms with van der Waals surface area (Å²) in [5.74, 6) is 1.43. The average Bonchev–Trinajstić information content (AvgIpc) is 3.13. The largest absolute Gasteiger partial charge is 0.466 e. The van der Waals surface area contributed by atoms with Crippen LogP contribution in [0.3, 0.4) is 0 Å². The second kappa shape index (κ2) is 7.69. The minimum Gasteiger partial charge on any atom is -0.466 e. The van der Waals surface area contributed by atoms with Crippen molar-refractivity contribution in [2.45, 2.75) is 38.5 Å². The lowest BCUT2D eigenvalue weighted by atomic mass is 9.75. The third kappa shape index (κ3) is 3.22. The maximum atomic E-state index is 5.91. The first-order valence-electron chi connectivity index (χ1n) is 9.47. The molecule has 1 aliphatic heterocycles. The van der Waals surface area contributed by atoms with Crippen molar-refractivity contribution in [1.29, 1.82) is 0 Å². The second-order valence-electron chi connectivity index (χ2n) is 6.92. The molecule has 0 saturated heterocycles. The van der Waals surface area contributed by atoms with Crippen molar-refractivity contribution >= 4 is 10.9 Å². The summed E-state index contributed by atoms with van der Waals surface area (Å²) in [4.78, 5) is 3.45. The molecule has 4 rings (SSSR count). The van der Waals surface area contributed by atoms with Gasteiger partial charge in [0.2, 0.25) is 0 Å². The Hall–Kier alpha value is -2.68. The van der Waals surface area contributed by atoms with Crippen LogP contribution in [-0.4, -0.2) is 4.98 Å². The molecule has 1 N–H and O–H groups in total. The fourth-order valence-corrected chi connectivity index (χ4v) is 4.15. The molecule has 1 aliphatic carbocycles. The van der Waals surface area contributed by atoms with E-state index in [1.807, 2.05) is 0 Å². The van der Waals surface area contributed by atoms with Gasteiger partial charge in [-0.2, -0.15) is 0 Å². The SMILES string of the molecule is CCCC(c1c[nH]c2ccccc12)C(C1=CC=CCC1)C1=COC=CO1. The summed E-state index contributed by atoms with van der Waals surface area (Å²) in [7, 11) is 0. The Bertz CT molecular complexity index is 884. The van der Waals surface area contributed by atoms with Crippen molar-refractivity contribution in [2.75, 3.05) is 0 Å². The highest BCUT2D eigenvalue weighted by atomic mass is 16.5. The molecule has 26 heavy (non-hydrogen) atoms. The van der Waals surface area contributed by atoms with Crippen LogP contribution < -0.4 is 0 Å². The first kappa shape index (κ1) is 16.8. The molecule has 2 aromatic rings. The van der Waals surface area contributed by atoms with Crippen molar-refractivity contribution in [2.24, 2.45) is 5.92 Å². The molecular weight excluding hydrogens is 322 g/mol. The number of para-hydroxylation sites is 1. The van der Waals surface area contributed by atoms with Crippen molar-refractivity contribution in [3.05, 3.63) is 84.4 Å². The topological polar surface area (TPSA) is 34.2 Å². The van der Waals surface area contributed by atoms with Gasteiger partial charge in [-0.05, 0) is 36.8 Å². The molecular formula is C23H25NO2. The maximum absolute atomic E-state index is 5.91. The molecule has 1 aromatic carbocycles. The zero-order valence-electron chi connectivity index (χ0n) is 15.2. The molecule has 0 spiro atoms. The van der Waals surface area contributed by atoms with E-state index in [2.05, 4.69) is 60.6 Å². The normalized spacial score (nSPS) is 18.7. The fraction of sp³-hybridized carbons (Fsp3) is 0.304. The van der Waals surface area contributed by atoms with E-state index in [-0.39, 0.29) is 5.92 Å². The number of hydrogen-bond acceptors (Lipinski definition) is 2. The molecule has 3 nitrogen and oxygen atoms in total. The highest BCUT2D eigenvalue weighted by molar-refractivity contribution is 5.83. The standard InChI is InChI=1S/C23H25NO2/c1-2-8-19(20-15-24-21-12-7-6-11-18(20)21)23(17-9-4-3-5-10-17)22-16-25-13-14-26-22/h3-4,6-7,9,11-16,19,23-24H,2,5,8,10H2,1H3. The number of H-pyrrole nitrogens is 1. The molecule has 2 heterocycles. The van der Waals surface area contributed by atoms with Gasteiger partial charge >= 0.3 is 0 Å². The molecule has 134 valence electrons. The zero-order chi connectivity index (χ0) is 17.8. The number of fused-ring (bicyclic) bond motifs is 1. The number of aromatic nitrogens is 1. The summed E-state index contributed by atoms with van der Waals surface area (Å²) in [5.41, 5.74) is 3.97. The number of allylic oxidation sites excluding steroid dienone is 4. The van der Waals surface area contributed by atoms with E-state index in [0.29, 0.717) is 5.92 Å². The lowest BCUT2D eigenvalue weighted by molar-refractivity contribution is 0.214. The van der Waals surface area contributed by atoms with Gasteiger partial charge in [0, 0.05) is 23.0 Å². The number of ether oxygens (including phenoxy) is 2. The van der Waals surface area contributed by atoms with E-state index in [0.717, 1.165) is 31.4 Å². The van der Waals surface area contributed by atoms with Gasteiger partial charge in [-0.25, -0.2) is 0 Å². The average molecular weight is 347 g/mol. The molecule has 0 fully saturated rings. The van der Waals surface area contributed by atoms with E-state index >= 15 is 0 Å². The van der Waals surface area contributed by atoms with Gasteiger partial charge in [-0.1, -0.05) is 55.3 Å². The fourth-order valence-electron chi connectivity index (χ4n) is 4.15. The summed E-state index contributed by atoms with van der Waals surface area (Å²) < 4.78 is 11.4. The van der Waals surface area contributed by atoms with Crippen LogP contribution in [0.1, 0.15) is 44.1 Å². The lowest BCUT2D eigenvalue weighted by Gasteiger charge is -2.31. The predicted octanol–water partition coefficient (Wildman–Crippen LogP) is 6.30. The van der Waals surface area contributed by atoms with E-state index < -0.39 is 0 Å². The van der Waals surface area contributed by atoms with E-state index in [4.69, 9.17) is 9.47 Å². The minimum absolute atomic E-state index is 0.184. The summed E-state index contributed by atoms with van der Waals surface area (Å²) in [6.07, 6.45) is 18.2. The smallest absolute Gasteiger partial charge is 0.146 e. The molecule has 0 radical (unpaired) electrons. The van der Waals surface area contributed by atoms with Crippen molar-refractivity contribution in [3.8, 4) is 0 Å². The number of rotatable bonds is 6. The van der Waals surface area contributed by atoms with Crippen LogP contribution in [0.25, 0.3) is 10.9 Å². The highest BCUT2D eigenvalue weighted by Crippen LogP contribution is 2.44. The minimum atomic E-state index is 0.184. The van der Waals surface area contributed by atoms with E-state index in [1.165, 1.54) is 22.0 Å². The Labute approximate surface area is 154 Å². The number of nitrogens with one attached hydrogen (secondary N) is 1. The van der Waals surface area contributed by atoms with E-state index in [1.54, 1.807) is 18.8 Å². The van der Waals surface area contributed by atoms with Crippen LogP contribution in [0, 0.1) is 5.92 Å². The van der Waals surface area contributed by atoms with Gasteiger partial charge < -0.3 is 14.5 Å². The predicted molar refractivity (Wildman–Crippen MR) is 105 cm³/mol. The number of aromatic amines is 1. The Balaban J connectivity index is 1.81. The summed E-state index contributed by atoms with van der Waals surface area (Å²) >= 11 is 0. The Morgan fingerprint density at radius 1 is 1.19 bits per heavy atom. The molecule has 0 bridgehead atoms. The van der Waals surface area contributed by atoms with Gasteiger partial charge in [0.05, 0.1) is 0 Å². The van der Waals surface area contributed by atoms with Crippen LogP contribution >= 0.6 is 0 Å². The third-order valence-corrected chi connectivity index (χ3v) is 5.30. The highest BCUT2D eigenvalue weighted by Gasteiger charge is 2.33. The van der Waals surface area contributed by atoms with Crippen LogP contribution in [-0.2, 0) is 9.47 Å². The summed E-state index contributed by atoms with van der Waals surface area (Å²) in [5, 5.41) is 1.30. The molecule has 2 atom stereocenters. The zero-order valence-corrected chi connectivity index (χ0v) is 15.2. The maximum Gasteiger partial charge on any atom is 0.146 e. The Morgan fingerprint density at radius 3 is 2.88 bits per heavy atom. The number of hydrogen-bond donors (Lipinski definition) is 1. The van der Waals surface area contributed by atoms with Gasteiger partial charge in [0.1, 0.15) is 24.5 Å². The molecule has 2 aliphatic rings. The van der Waals surface area contributed by atoms with E-state index in [9.17, 15) is 0 Å². The quantitative estimate of drug-likeness (QED) is 0.665. The van der Waals surface area contributed by atoms with Crippen LogP contribution in [0.4, 0.5) is 0 Å². The molecule has 3 heteroatoms. The first-order chi connectivity index (χ1) is 12.9. The molecule has 1 aromatic heterocycles. The van der Waals surface area contributed by atoms with Gasteiger partial charge in [-0.15, -0.1) is 0 Å². The Morgan fingerprint density at radius 2 is 2.12 bits per heavy atom. The molecule has 0 saturated carbocycles. The second-order valence-corrected chi connectivity index (χ2v) is 6.92. The Kier molecular flexibility index (Phi) is 4.96. The van der Waals surface area contributed by atoms with Crippen LogP contribution in [0.2, 0.25) is 0 Å². The third-order valence-electron chi connectivity index (χ3n) is 5.30. The van der Waals surface area contributed by atoms with Crippen LogP contribution in [0.15, 0.2) is 78.8 Å².